The number of rotatable bonds is 6. The van der Waals surface area contributed by atoms with Crippen LogP contribution in [0.3, 0.4) is 0 Å². The summed E-state index contributed by atoms with van der Waals surface area (Å²) in [6, 6.07) is 4.96. The van der Waals surface area contributed by atoms with E-state index in [0.29, 0.717) is 28.6 Å². The van der Waals surface area contributed by atoms with Gasteiger partial charge in [-0.3, -0.25) is 4.79 Å². The standard InChI is InChI=1S/C13H18BrN3O3/c1-3-8(6-12(15)17-19)16-13(18)10-7-9(20-2)4-5-11(10)14/h4-5,7-8,19H,3,6H2,1-2H3,(H2,15,17)(H,16,18). The molecule has 6 nitrogen and oxygen atoms in total. The molecule has 1 atom stereocenters. The van der Waals surface area contributed by atoms with E-state index in [9.17, 15) is 4.79 Å². The molecule has 0 aliphatic heterocycles. The Bertz CT molecular complexity index is 506. The lowest BCUT2D eigenvalue weighted by molar-refractivity contribution is 0.0935. The van der Waals surface area contributed by atoms with Gasteiger partial charge in [0.05, 0.1) is 12.7 Å². The number of methoxy groups -OCH3 is 1. The third-order valence-corrected chi connectivity index (χ3v) is 3.52. The maximum atomic E-state index is 12.2. The van der Waals surface area contributed by atoms with Crippen LogP contribution in [0.5, 0.6) is 5.75 Å². The van der Waals surface area contributed by atoms with Gasteiger partial charge in [0.15, 0.2) is 0 Å². The van der Waals surface area contributed by atoms with Crippen LogP contribution < -0.4 is 15.8 Å². The van der Waals surface area contributed by atoms with Crippen molar-refractivity contribution < 1.29 is 14.7 Å². The van der Waals surface area contributed by atoms with Crippen LogP contribution in [0.25, 0.3) is 0 Å². The van der Waals surface area contributed by atoms with Crippen molar-refractivity contribution in [1.82, 2.24) is 5.32 Å². The largest absolute Gasteiger partial charge is 0.497 e. The number of carbonyl (C=O) groups excluding carboxylic acids is 1. The Morgan fingerprint density at radius 1 is 1.60 bits per heavy atom. The molecule has 20 heavy (non-hydrogen) atoms. The fourth-order valence-electron chi connectivity index (χ4n) is 1.66. The molecule has 0 radical (unpaired) electrons. The molecule has 0 spiro atoms. The molecule has 7 heteroatoms. The van der Waals surface area contributed by atoms with Gasteiger partial charge < -0.3 is 21.0 Å². The number of nitrogens with one attached hydrogen (secondary N) is 1. The minimum atomic E-state index is -0.242. The van der Waals surface area contributed by atoms with Gasteiger partial charge in [-0.1, -0.05) is 12.1 Å². The third-order valence-electron chi connectivity index (χ3n) is 2.83. The molecule has 1 amide bonds. The Morgan fingerprint density at radius 3 is 2.85 bits per heavy atom. The molecule has 0 bridgehead atoms. The summed E-state index contributed by atoms with van der Waals surface area (Å²) in [6.45, 7) is 1.91. The normalized spacial score (nSPS) is 12.8. The van der Waals surface area contributed by atoms with Crippen LogP contribution in [0, 0.1) is 0 Å². The van der Waals surface area contributed by atoms with Gasteiger partial charge in [-0.2, -0.15) is 0 Å². The summed E-state index contributed by atoms with van der Waals surface area (Å²) in [6.07, 6.45) is 0.962. The van der Waals surface area contributed by atoms with E-state index < -0.39 is 0 Å². The van der Waals surface area contributed by atoms with Gasteiger partial charge in [0.2, 0.25) is 0 Å². The summed E-state index contributed by atoms with van der Waals surface area (Å²) in [4.78, 5) is 12.2. The van der Waals surface area contributed by atoms with Crippen LogP contribution >= 0.6 is 15.9 Å². The predicted molar refractivity (Wildman–Crippen MR) is 80.3 cm³/mol. The van der Waals surface area contributed by atoms with E-state index in [1.807, 2.05) is 6.92 Å². The topological polar surface area (TPSA) is 96.9 Å². The number of halogens is 1. The Hall–Kier alpha value is -1.76. The second kappa shape index (κ2) is 7.74. The highest BCUT2D eigenvalue weighted by Gasteiger charge is 2.16. The summed E-state index contributed by atoms with van der Waals surface area (Å²) in [5.74, 6) is 0.443. The van der Waals surface area contributed by atoms with Gasteiger partial charge in [-0.25, -0.2) is 0 Å². The molecule has 1 unspecified atom stereocenters. The van der Waals surface area contributed by atoms with Crippen molar-refractivity contribution in [3.63, 3.8) is 0 Å². The molecule has 110 valence electrons. The van der Waals surface area contributed by atoms with Gasteiger partial charge in [-0.15, -0.1) is 0 Å². The maximum absolute atomic E-state index is 12.2. The molecule has 0 saturated heterocycles. The van der Waals surface area contributed by atoms with Crippen LogP contribution in [-0.4, -0.2) is 30.1 Å². The van der Waals surface area contributed by atoms with Crippen molar-refractivity contribution in [2.24, 2.45) is 10.9 Å². The first-order valence-electron chi connectivity index (χ1n) is 6.12. The summed E-state index contributed by atoms with van der Waals surface area (Å²) < 4.78 is 5.78. The number of oxime groups is 1. The van der Waals surface area contributed by atoms with Gasteiger partial charge in [0.25, 0.3) is 5.91 Å². The van der Waals surface area contributed by atoms with Crippen LogP contribution in [-0.2, 0) is 0 Å². The van der Waals surface area contributed by atoms with Gasteiger partial charge in [0.1, 0.15) is 11.6 Å². The molecule has 0 aromatic heterocycles. The number of carbonyl (C=O) groups is 1. The van der Waals surface area contributed by atoms with Crippen molar-refractivity contribution >= 4 is 27.7 Å². The van der Waals surface area contributed by atoms with E-state index in [0.717, 1.165) is 0 Å². The summed E-state index contributed by atoms with van der Waals surface area (Å²) in [5.41, 5.74) is 5.93. The first-order valence-corrected chi connectivity index (χ1v) is 6.91. The van der Waals surface area contributed by atoms with Crippen molar-refractivity contribution in [1.29, 1.82) is 0 Å². The number of nitrogens with two attached hydrogens (primary N) is 1. The van der Waals surface area contributed by atoms with Crippen molar-refractivity contribution in [2.75, 3.05) is 7.11 Å². The second-order valence-electron chi connectivity index (χ2n) is 4.22. The van der Waals surface area contributed by atoms with Crippen molar-refractivity contribution in [3.05, 3.63) is 28.2 Å². The molecule has 0 fully saturated rings. The number of nitrogens with zero attached hydrogens (tertiary/aromatic N) is 1. The Labute approximate surface area is 126 Å². The monoisotopic (exact) mass is 343 g/mol. The fourth-order valence-corrected chi connectivity index (χ4v) is 2.09. The highest BCUT2D eigenvalue weighted by molar-refractivity contribution is 9.10. The second-order valence-corrected chi connectivity index (χ2v) is 5.07. The van der Waals surface area contributed by atoms with E-state index in [2.05, 4.69) is 26.4 Å². The molecular formula is C13H18BrN3O3. The molecule has 4 N–H and O–H groups in total. The fraction of sp³-hybridized carbons (Fsp3) is 0.385. The minimum Gasteiger partial charge on any atom is -0.497 e. The first kappa shape index (κ1) is 16.3. The maximum Gasteiger partial charge on any atom is 0.252 e. The zero-order valence-corrected chi connectivity index (χ0v) is 13.0. The molecule has 0 aliphatic carbocycles. The Morgan fingerprint density at radius 2 is 2.30 bits per heavy atom. The molecule has 1 aromatic rings. The number of amides is 1. The van der Waals surface area contributed by atoms with Crippen LogP contribution in [0.4, 0.5) is 0 Å². The van der Waals surface area contributed by atoms with Crippen LogP contribution in [0.2, 0.25) is 0 Å². The average molecular weight is 344 g/mol. The zero-order chi connectivity index (χ0) is 15.1. The number of hydrogen-bond acceptors (Lipinski definition) is 4. The molecular weight excluding hydrogens is 326 g/mol. The van der Waals surface area contributed by atoms with Crippen LogP contribution in [0.1, 0.15) is 30.1 Å². The summed E-state index contributed by atoms with van der Waals surface area (Å²) >= 11 is 3.33. The first-order chi connectivity index (χ1) is 9.51. The minimum absolute atomic E-state index is 0.0851. The highest BCUT2D eigenvalue weighted by atomic mass is 79.9. The zero-order valence-electron chi connectivity index (χ0n) is 11.4. The van der Waals surface area contributed by atoms with Gasteiger partial charge in [0, 0.05) is 16.9 Å². The summed E-state index contributed by atoms with van der Waals surface area (Å²) in [7, 11) is 1.54. The number of hydrogen-bond donors (Lipinski definition) is 3. The third kappa shape index (κ3) is 4.41. The average Bonchev–Trinajstić information content (AvgIpc) is 2.46. The van der Waals surface area contributed by atoms with E-state index in [4.69, 9.17) is 15.7 Å². The van der Waals surface area contributed by atoms with E-state index in [-0.39, 0.29) is 17.8 Å². The molecule has 1 aromatic carbocycles. The number of amidine groups is 1. The van der Waals surface area contributed by atoms with E-state index in [1.54, 1.807) is 18.2 Å². The smallest absolute Gasteiger partial charge is 0.252 e. The SMILES string of the molecule is CCC(CC(N)=NO)NC(=O)c1cc(OC)ccc1Br. The molecule has 0 heterocycles. The lowest BCUT2D eigenvalue weighted by Gasteiger charge is -2.17. The predicted octanol–water partition coefficient (Wildman–Crippen LogP) is 2.10. The van der Waals surface area contributed by atoms with Gasteiger partial charge in [-0.05, 0) is 40.5 Å². The quantitative estimate of drug-likeness (QED) is 0.319. The number of benzene rings is 1. The van der Waals surface area contributed by atoms with Gasteiger partial charge >= 0.3 is 0 Å². The Balaban J connectivity index is 2.84. The lowest BCUT2D eigenvalue weighted by Crippen LogP contribution is -2.37. The van der Waals surface area contributed by atoms with E-state index >= 15 is 0 Å². The molecule has 0 aliphatic rings. The lowest BCUT2D eigenvalue weighted by atomic mass is 10.1. The Kier molecular flexibility index (Phi) is 6.30. The highest BCUT2D eigenvalue weighted by Crippen LogP contribution is 2.22. The summed E-state index contributed by atoms with van der Waals surface area (Å²) in [5, 5.41) is 14.3. The molecule has 1 rings (SSSR count). The van der Waals surface area contributed by atoms with Crippen LogP contribution in [0.15, 0.2) is 27.8 Å². The molecule has 0 saturated carbocycles. The van der Waals surface area contributed by atoms with Crippen molar-refractivity contribution in [2.45, 2.75) is 25.8 Å². The number of ether oxygens (including phenoxy) is 1. The van der Waals surface area contributed by atoms with E-state index in [1.165, 1.54) is 7.11 Å². The van der Waals surface area contributed by atoms with Crippen molar-refractivity contribution in [3.8, 4) is 5.75 Å².